The molecule has 40 heavy (non-hydrogen) atoms. The van der Waals surface area contributed by atoms with E-state index in [1.807, 2.05) is 0 Å². The van der Waals surface area contributed by atoms with Gasteiger partial charge >= 0.3 is 17.6 Å². The molecule has 2 aromatic heterocycles. The Kier molecular flexibility index (Phi) is 9.08. The third-order valence-electron chi connectivity index (χ3n) is 5.64. The van der Waals surface area contributed by atoms with Gasteiger partial charge in [0.15, 0.2) is 5.65 Å². The van der Waals surface area contributed by atoms with Gasteiger partial charge in [-0.25, -0.2) is 28.2 Å². The average molecular weight is 553 g/mol. The van der Waals surface area contributed by atoms with E-state index >= 15 is 0 Å². The minimum Gasteiger partial charge on any atom is -0.477 e. The van der Waals surface area contributed by atoms with Gasteiger partial charge in [0.1, 0.15) is 23.2 Å². The van der Waals surface area contributed by atoms with Crippen molar-refractivity contribution in [1.82, 2.24) is 19.7 Å². The first-order valence-corrected chi connectivity index (χ1v) is 11.5. The number of aromatic carboxylic acids is 1. The number of aromatic nitrogens is 3. The van der Waals surface area contributed by atoms with E-state index in [9.17, 15) is 33.5 Å². The number of nitrogens with zero attached hydrogens (tertiary/aromatic N) is 2. The van der Waals surface area contributed by atoms with Crippen LogP contribution < -0.4 is 22.5 Å². The normalized spacial score (nSPS) is 11.2. The second kappa shape index (κ2) is 12.4. The Balaban J connectivity index is 0.000000371. The molecule has 208 valence electrons. The predicted molar refractivity (Wildman–Crippen MR) is 139 cm³/mol. The number of carboxylic acid groups (broad SMARTS) is 1. The van der Waals surface area contributed by atoms with Gasteiger partial charge in [0, 0.05) is 18.8 Å². The number of ether oxygens (including phenoxy) is 1. The number of methoxy groups -OCH3 is 1. The van der Waals surface area contributed by atoms with Gasteiger partial charge < -0.3 is 31.6 Å². The van der Waals surface area contributed by atoms with Crippen molar-refractivity contribution >= 4 is 29.4 Å². The molecule has 0 radical (unpaired) electrons. The van der Waals surface area contributed by atoms with E-state index in [0.29, 0.717) is 12.1 Å². The summed E-state index contributed by atoms with van der Waals surface area (Å²) >= 11 is 0. The molecular formula is C26H25FN6O7. The number of amides is 2. The van der Waals surface area contributed by atoms with E-state index < -0.39 is 41.2 Å². The summed E-state index contributed by atoms with van der Waals surface area (Å²) in [5.74, 6) is -4.00. The van der Waals surface area contributed by atoms with Gasteiger partial charge in [0.05, 0.1) is 12.7 Å². The van der Waals surface area contributed by atoms with Gasteiger partial charge in [-0.2, -0.15) is 0 Å². The molecule has 2 amide bonds. The zero-order valence-electron chi connectivity index (χ0n) is 21.3. The Labute approximate surface area is 225 Å². The summed E-state index contributed by atoms with van der Waals surface area (Å²) in [6, 6.07) is 10.1. The van der Waals surface area contributed by atoms with Crippen LogP contribution in [-0.4, -0.2) is 50.3 Å². The Bertz CT molecular complexity index is 1650. The van der Waals surface area contributed by atoms with Crippen LogP contribution in [0, 0.1) is 12.7 Å². The molecule has 13 nitrogen and oxygen atoms in total. The summed E-state index contributed by atoms with van der Waals surface area (Å²) in [5, 5.41) is 11.7. The van der Waals surface area contributed by atoms with E-state index in [4.69, 9.17) is 11.5 Å². The summed E-state index contributed by atoms with van der Waals surface area (Å²) in [7, 11) is 1.22. The number of H-pyrrole nitrogens is 1. The number of carbonyl (C=O) groups excluding carboxylic acids is 3. The van der Waals surface area contributed by atoms with Crippen LogP contribution in [0.25, 0.3) is 5.65 Å². The number of halogens is 1. The Morgan fingerprint density at radius 1 is 1.15 bits per heavy atom. The Morgan fingerprint density at radius 2 is 1.82 bits per heavy atom. The van der Waals surface area contributed by atoms with Crippen LogP contribution >= 0.6 is 0 Å². The maximum Gasteiger partial charge on any atom is 0.353 e. The lowest BCUT2D eigenvalue weighted by Gasteiger charge is -2.16. The number of carboxylic acids is 1. The lowest BCUT2D eigenvalue weighted by molar-refractivity contribution is -0.120. The molecule has 2 aromatic carbocycles. The first-order valence-electron chi connectivity index (χ1n) is 11.5. The average Bonchev–Trinajstić information content (AvgIpc) is 3.32. The molecule has 2 heterocycles. The number of hydrogen-bond donors (Lipinski definition) is 5. The SMILES string of the molecule is COC(=O)c1ccc([C@@H](NC(=O)c2cc(C(=O)O)n3c(=O)[nH]cc3n2)C(N)=O)cc1.Cc1cc(CN)ccc1F. The maximum absolute atomic E-state index is 12.6. The zero-order valence-corrected chi connectivity index (χ0v) is 21.3. The smallest absolute Gasteiger partial charge is 0.353 e. The number of nitrogens with two attached hydrogens (primary N) is 2. The van der Waals surface area contributed by atoms with Crippen LogP contribution in [0.5, 0.6) is 0 Å². The topological polar surface area (TPSA) is 212 Å². The van der Waals surface area contributed by atoms with Crippen molar-refractivity contribution in [3.63, 3.8) is 0 Å². The fraction of sp³-hybridized carbons (Fsp3) is 0.154. The van der Waals surface area contributed by atoms with Crippen molar-refractivity contribution in [3.05, 3.63) is 105 Å². The van der Waals surface area contributed by atoms with Crippen LogP contribution in [0.3, 0.4) is 0 Å². The number of primary amides is 1. The second-order valence-corrected chi connectivity index (χ2v) is 8.33. The number of aryl methyl sites for hydroxylation is 1. The van der Waals surface area contributed by atoms with Crippen LogP contribution in [0.15, 0.2) is 59.5 Å². The summed E-state index contributed by atoms with van der Waals surface area (Å²) < 4.78 is 18.0. The molecule has 0 fully saturated rings. The predicted octanol–water partition coefficient (Wildman–Crippen LogP) is 1.06. The largest absolute Gasteiger partial charge is 0.477 e. The van der Waals surface area contributed by atoms with Gasteiger partial charge in [-0.3, -0.25) is 9.59 Å². The molecular weight excluding hydrogens is 527 g/mol. The number of benzene rings is 2. The number of fused-ring (bicyclic) bond motifs is 1. The van der Waals surface area contributed by atoms with E-state index in [1.54, 1.807) is 19.1 Å². The van der Waals surface area contributed by atoms with Gasteiger partial charge in [-0.05, 0) is 41.8 Å². The molecule has 0 spiro atoms. The van der Waals surface area contributed by atoms with Crippen LogP contribution in [0.4, 0.5) is 4.39 Å². The minimum absolute atomic E-state index is 0.0943. The monoisotopic (exact) mass is 552 g/mol. The van der Waals surface area contributed by atoms with E-state index in [0.717, 1.165) is 22.2 Å². The number of carbonyl (C=O) groups is 4. The van der Waals surface area contributed by atoms with Crippen LogP contribution in [-0.2, 0) is 16.1 Å². The van der Waals surface area contributed by atoms with E-state index in [2.05, 4.69) is 20.0 Å². The van der Waals surface area contributed by atoms with E-state index in [1.165, 1.54) is 37.4 Å². The minimum atomic E-state index is -1.46. The highest BCUT2D eigenvalue weighted by Gasteiger charge is 2.24. The molecule has 4 aromatic rings. The van der Waals surface area contributed by atoms with Gasteiger partial charge in [-0.1, -0.05) is 24.3 Å². The summed E-state index contributed by atoms with van der Waals surface area (Å²) in [6.07, 6.45) is 1.14. The molecule has 0 aliphatic rings. The van der Waals surface area contributed by atoms with Crippen LogP contribution in [0.2, 0.25) is 0 Å². The first-order chi connectivity index (χ1) is 19.0. The highest BCUT2D eigenvalue weighted by Crippen LogP contribution is 2.16. The number of hydrogen-bond acceptors (Lipinski definition) is 8. The molecule has 1 atom stereocenters. The molecule has 0 bridgehead atoms. The Morgan fingerprint density at radius 3 is 2.38 bits per heavy atom. The summed E-state index contributed by atoms with van der Waals surface area (Å²) in [4.78, 5) is 65.5. The molecule has 0 aliphatic heterocycles. The molecule has 7 N–H and O–H groups in total. The maximum atomic E-state index is 12.6. The van der Waals surface area contributed by atoms with E-state index in [-0.39, 0.29) is 28.3 Å². The zero-order chi connectivity index (χ0) is 29.6. The molecule has 0 unspecified atom stereocenters. The summed E-state index contributed by atoms with van der Waals surface area (Å²) in [5.41, 5.74) is 11.2. The number of rotatable bonds is 7. The lowest BCUT2D eigenvalue weighted by Crippen LogP contribution is -2.38. The number of aromatic amines is 1. The fourth-order valence-electron chi connectivity index (χ4n) is 3.58. The van der Waals surface area contributed by atoms with Gasteiger partial charge in [0.25, 0.3) is 5.91 Å². The molecule has 4 rings (SSSR count). The van der Waals surface area contributed by atoms with Crippen molar-refractivity contribution in [2.24, 2.45) is 11.5 Å². The molecule has 0 aliphatic carbocycles. The second-order valence-electron chi connectivity index (χ2n) is 8.33. The van der Waals surface area contributed by atoms with Crippen molar-refractivity contribution in [1.29, 1.82) is 0 Å². The van der Waals surface area contributed by atoms with Gasteiger partial charge in [-0.15, -0.1) is 0 Å². The molecule has 0 saturated carbocycles. The standard InChI is InChI=1S/C18H15N5O7.C8H10FN/c1-30-17(28)9-4-2-8(3-5-9)13(14(19)24)22-15(25)10-6-11(16(26)27)23-12(21-10)7-20-18(23)29;1-6-4-7(5-10)2-3-8(6)9/h2-7,13H,1H3,(H2,19,24)(H,20,29)(H,22,25)(H,26,27);2-4H,5,10H2,1H3/t13-;/m1./s1. The number of imidazole rings is 1. The summed E-state index contributed by atoms with van der Waals surface area (Å²) in [6.45, 7) is 2.20. The molecule has 0 saturated heterocycles. The van der Waals surface area contributed by atoms with Crippen LogP contribution in [0.1, 0.15) is 54.1 Å². The highest BCUT2D eigenvalue weighted by atomic mass is 19.1. The lowest BCUT2D eigenvalue weighted by atomic mass is 10.0. The van der Waals surface area contributed by atoms with Crippen molar-refractivity contribution in [3.8, 4) is 0 Å². The quantitative estimate of drug-likeness (QED) is 0.207. The third-order valence-corrected chi connectivity index (χ3v) is 5.64. The molecule has 14 heteroatoms. The van der Waals surface area contributed by atoms with Gasteiger partial charge in [0.2, 0.25) is 5.91 Å². The highest BCUT2D eigenvalue weighted by molar-refractivity contribution is 5.98. The number of esters is 1. The van der Waals surface area contributed by atoms with Crippen molar-refractivity contribution in [2.75, 3.05) is 7.11 Å². The fourth-order valence-corrected chi connectivity index (χ4v) is 3.58. The van der Waals surface area contributed by atoms with Crippen molar-refractivity contribution in [2.45, 2.75) is 19.5 Å². The Hall–Kier alpha value is -5.37. The number of nitrogens with one attached hydrogen (secondary N) is 2. The first kappa shape index (κ1) is 29.2. The third kappa shape index (κ3) is 6.54. The van der Waals surface area contributed by atoms with Crippen molar-refractivity contribution < 1.29 is 33.4 Å².